The minimum Gasteiger partial charge on any atom is -0.478 e. The summed E-state index contributed by atoms with van der Waals surface area (Å²) in [4.78, 5) is 16.1. The van der Waals surface area contributed by atoms with Crippen molar-refractivity contribution in [1.29, 1.82) is 0 Å². The Hall–Kier alpha value is -3.21. The Bertz CT molecular complexity index is 1160. The monoisotopic (exact) mass is 343 g/mol. The van der Waals surface area contributed by atoms with Crippen molar-refractivity contribution in [3.63, 3.8) is 0 Å². The highest BCUT2D eigenvalue weighted by Crippen LogP contribution is 2.37. The first-order valence-electron chi connectivity index (χ1n) is 8.83. The molecule has 1 aliphatic carbocycles. The minimum absolute atomic E-state index is 0.295. The van der Waals surface area contributed by atoms with E-state index in [0.717, 1.165) is 46.9 Å². The van der Waals surface area contributed by atoms with Crippen molar-refractivity contribution in [2.24, 2.45) is 0 Å². The highest BCUT2D eigenvalue weighted by Gasteiger charge is 2.21. The molecule has 0 saturated heterocycles. The third-order valence-corrected chi connectivity index (χ3v) is 5.30. The van der Waals surface area contributed by atoms with Crippen molar-refractivity contribution in [3.8, 4) is 11.3 Å². The zero-order valence-electron chi connectivity index (χ0n) is 14.1. The predicted octanol–water partition coefficient (Wildman–Crippen LogP) is 4.36. The van der Waals surface area contributed by atoms with Crippen LogP contribution in [0, 0.1) is 0 Å². The van der Waals surface area contributed by atoms with Gasteiger partial charge in [-0.25, -0.2) is 9.78 Å². The lowest BCUT2D eigenvalue weighted by Gasteiger charge is -2.21. The van der Waals surface area contributed by atoms with Crippen molar-refractivity contribution in [1.82, 2.24) is 15.2 Å². The van der Waals surface area contributed by atoms with E-state index in [1.807, 2.05) is 30.5 Å². The van der Waals surface area contributed by atoms with Gasteiger partial charge in [0, 0.05) is 16.3 Å². The number of aryl methyl sites for hydroxylation is 1. The van der Waals surface area contributed by atoms with Crippen LogP contribution in [0.3, 0.4) is 0 Å². The van der Waals surface area contributed by atoms with E-state index in [4.69, 9.17) is 10.1 Å². The third kappa shape index (κ3) is 2.20. The summed E-state index contributed by atoms with van der Waals surface area (Å²) < 4.78 is 0. The van der Waals surface area contributed by atoms with Gasteiger partial charge in [0.05, 0.1) is 28.5 Å². The van der Waals surface area contributed by atoms with Crippen LogP contribution in [0.5, 0.6) is 0 Å². The Kier molecular flexibility index (Phi) is 3.28. The van der Waals surface area contributed by atoms with E-state index in [0.29, 0.717) is 5.56 Å². The smallest absolute Gasteiger partial charge is 0.335 e. The molecule has 0 amide bonds. The standard InChI is InChI=1S/C21H17N3O2/c25-21(26)13-7-5-12(6-8-13)20-15-4-2-1-3-14(15)19-16-11-22-24-17(16)9-10-18(19)23-20/h5-11H,1-4H2,(H,22,24)(H,25,26). The second-order valence-electron chi connectivity index (χ2n) is 6.80. The normalized spacial score (nSPS) is 13.8. The fourth-order valence-electron chi connectivity index (χ4n) is 4.06. The van der Waals surface area contributed by atoms with Crippen LogP contribution in [0.4, 0.5) is 0 Å². The molecule has 0 bridgehead atoms. The van der Waals surface area contributed by atoms with Crippen molar-refractivity contribution in [2.75, 3.05) is 0 Å². The Morgan fingerprint density at radius 3 is 2.54 bits per heavy atom. The number of hydrogen-bond acceptors (Lipinski definition) is 3. The number of H-pyrrole nitrogens is 1. The van der Waals surface area contributed by atoms with Crippen LogP contribution in [0.15, 0.2) is 42.6 Å². The van der Waals surface area contributed by atoms with Crippen LogP contribution in [0.2, 0.25) is 0 Å². The highest BCUT2D eigenvalue weighted by molar-refractivity contribution is 6.07. The van der Waals surface area contributed by atoms with Gasteiger partial charge >= 0.3 is 5.97 Å². The van der Waals surface area contributed by atoms with E-state index in [1.54, 1.807) is 12.1 Å². The Morgan fingerprint density at radius 1 is 1.00 bits per heavy atom. The van der Waals surface area contributed by atoms with Crippen LogP contribution < -0.4 is 0 Å². The Balaban J connectivity index is 1.80. The summed E-state index contributed by atoms with van der Waals surface area (Å²) in [5.41, 5.74) is 6.91. The van der Waals surface area contributed by atoms with Crippen LogP contribution in [0.1, 0.15) is 34.3 Å². The van der Waals surface area contributed by atoms with E-state index in [9.17, 15) is 4.79 Å². The number of fused-ring (bicyclic) bond motifs is 5. The van der Waals surface area contributed by atoms with Crippen LogP contribution in [-0.2, 0) is 12.8 Å². The zero-order valence-corrected chi connectivity index (χ0v) is 14.1. The van der Waals surface area contributed by atoms with Gasteiger partial charge in [0.15, 0.2) is 0 Å². The van der Waals surface area contributed by atoms with E-state index >= 15 is 0 Å². The molecule has 26 heavy (non-hydrogen) atoms. The molecule has 5 heteroatoms. The average molecular weight is 343 g/mol. The summed E-state index contributed by atoms with van der Waals surface area (Å²) in [5.74, 6) is -0.910. The molecule has 1 aliphatic rings. The number of pyridine rings is 1. The fraction of sp³-hybridized carbons (Fsp3) is 0.190. The molecule has 4 aromatic rings. The average Bonchev–Trinajstić information content (AvgIpc) is 3.16. The third-order valence-electron chi connectivity index (χ3n) is 5.30. The molecule has 0 spiro atoms. The van der Waals surface area contributed by atoms with E-state index in [1.165, 1.54) is 22.9 Å². The summed E-state index contributed by atoms with van der Waals surface area (Å²) in [5, 5.41) is 18.7. The quantitative estimate of drug-likeness (QED) is 0.567. The molecular formula is C21H17N3O2. The Morgan fingerprint density at radius 2 is 1.77 bits per heavy atom. The first-order valence-corrected chi connectivity index (χ1v) is 8.83. The highest BCUT2D eigenvalue weighted by atomic mass is 16.4. The first kappa shape index (κ1) is 15.1. The van der Waals surface area contributed by atoms with E-state index < -0.39 is 5.97 Å². The number of hydrogen-bond donors (Lipinski definition) is 2. The fourth-order valence-corrected chi connectivity index (χ4v) is 4.06. The summed E-state index contributed by atoms with van der Waals surface area (Å²) in [6.07, 6.45) is 6.26. The van der Waals surface area contributed by atoms with Gasteiger partial charge in [0.25, 0.3) is 0 Å². The Labute approximate surface area is 149 Å². The number of rotatable bonds is 2. The lowest BCUT2D eigenvalue weighted by molar-refractivity contribution is 0.0697. The predicted molar refractivity (Wildman–Crippen MR) is 100 cm³/mol. The minimum atomic E-state index is -0.910. The molecule has 0 saturated carbocycles. The van der Waals surface area contributed by atoms with Gasteiger partial charge in [0.2, 0.25) is 0 Å². The molecule has 5 rings (SSSR count). The maximum absolute atomic E-state index is 11.1. The molecule has 0 radical (unpaired) electrons. The zero-order chi connectivity index (χ0) is 17.7. The largest absolute Gasteiger partial charge is 0.478 e. The number of nitrogens with zero attached hydrogens (tertiary/aromatic N) is 2. The van der Waals surface area contributed by atoms with Gasteiger partial charge in [-0.15, -0.1) is 0 Å². The van der Waals surface area contributed by atoms with Gasteiger partial charge < -0.3 is 5.11 Å². The second-order valence-corrected chi connectivity index (χ2v) is 6.80. The molecule has 2 N–H and O–H groups in total. The number of nitrogens with one attached hydrogen (secondary N) is 1. The van der Waals surface area contributed by atoms with Gasteiger partial charge in [-0.2, -0.15) is 5.10 Å². The lowest BCUT2D eigenvalue weighted by Crippen LogP contribution is -2.08. The van der Waals surface area contributed by atoms with Crippen LogP contribution >= 0.6 is 0 Å². The number of aromatic nitrogens is 3. The number of benzene rings is 2. The van der Waals surface area contributed by atoms with Gasteiger partial charge in [-0.05, 0) is 61.1 Å². The molecule has 2 aromatic carbocycles. The molecule has 0 aliphatic heterocycles. The molecule has 0 fully saturated rings. The van der Waals surface area contributed by atoms with Gasteiger partial charge in [0.1, 0.15) is 0 Å². The van der Waals surface area contributed by atoms with Crippen molar-refractivity contribution in [2.45, 2.75) is 25.7 Å². The summed E-state index contributed by atoms with van der Waals surface area (Å²) in [7, 11) is 0. The van der Waals surface area contributed by atoms with Gasteiger partial charge in [-0.1, -0.05) is 12.1 Å². The van der Waals surface area contributed by atoms with Crippen molar-refractivity contribution >= 4 is 27.8 Å². The van der Waals surface area contributed by atoms with Crippen LogP contribution in [0.25, 0.3) is 33.1 Å². The summed E-state index contributed by atoms with van der Waals surface area (Å²) >= 11 is 0. The molecule has 5 nitrogen and oxygen atoms in total. The molecule has 2 heterocycles. The maximum Gasteiger partial charge on any atom is 0.335 e. The SMILES string of the molecule is O=C(O)c1ccc(-c2nc3ccc4[nH]ncc4c3c3c2CCCC3)cc1. The molecule has 128 valence electrons. The number of aromatic carboxylic acids is 1. The first-order chi connectivity index (χ1) is 12.7. The number of carboxylic acids is 1. The van der Waals surface area contributed by atoms with Crippen molar-refractivity contribution < 1.29 is 9.90 Å². The summed E-state index contributed by atoms with van der Waals surface area (Å²) in [6.45, 7) is 0. The maximum atomic E-state index is 11.1. The van der Waals surface area contributed by atoms with Gasteiger partial charge in [-0.3, -0.25) is 5.10 Å². The number of carboxylic acid groups (broad SMARTS) is 1. The van der Waals surface area contributed by atoms with Crippen LogP contribution in [-0.4, -0.2) is 26.3 Å². The second kappa shape index (κ2) is 5.66. The lowest BCUT2D eigenvalue weighted by atomic mass is 9.85. The molecular weight excluding hydrogens is 326 g/mol. The summed E-state index contributed by atoms with van der Waals surface area (Å²) in [6, 6.07) is 11.1. The molecule has 2 aromatic heterocycles. The molecule has 0 atom stereocenters. The topological polar surface area (TPSA) is 78.9 Å². The van der Waals surface area contributed by atoms with Crippen molar-refractivity contribution in [3.05, 3.63) is 59.3 Å². The number of aromatic amines is 1. The molecule has 0 unspecified atom stereocenters. The number of carbonyl (C=O) groups is 1. The van der Waals surface area contributed by atoms with E-state index in [-0.39, 0.29) is 0 Å². The van der Waals surface area contributed by atoms with E-state index in [2.05, 4.69) is 10.2 Å².